The van der Waals surface area contributed by atoms with Crippen molar-refractivity contribution >= 4 is 23.3 Å². The number of hydrogen-bond donors (Lipinski definition) is 4. The van der Waals surface area contributed by atoms with E-state index < -0.39 is 6.29 Å². The van der Waals surface area contributed by atoms with Gasteiger partial charge < -0.3 is 20.1 Å². The number of amides is 2. The fraction of sp³-hybridized carbons (Fsp3) is 0.292. The molecule has 2 fully saturated rings. The first-order valence-electron chi connectivity index (χ1n) is 11.3. The topological polar surface area (TPSA) is 122 Å². The Hall–Kier alpha value is -4.09. The molecule has 0 spiro atoms. The average Bonchev–Trinajstić information content (AvgIpc) is 3.47. The van der Waals surface area contributed by atoms with Crippen LogP contribution < -0.4 is 35.9 Å². The Morgan fingerprint density at radius 1 is 1.14 bits per heavy atom. The first-order valence-corrected chi connectivity index (χ1v) is 11.3. The van der Waals surface area contributed by atoms with E-state index in [2.05, 4.69) is 26.5 Å². The van der Waals surface area contributed by atoms with E-state index in [1.807, 2.05) is 42.3 Å². The fourth-order valence-corrected chi connectivity index (χ4v) is 4.26. The lowest BCUT2D eigenvalue weighted by atomic mass is 10.0. The van der Waals surface area contributed by atoms with Gasteiger partial charge >= 0.3 is 0 Å². The van der Waals surface area contributed by atoms with Crippen molar-refractivity contribution < 1.29 is 19.1 Å². The number of hydrogen-bond acceptors (Lipinski definition) is 8. The monoisotopic (exact) mass is 477 g/mol. The normalized spacial score (nSPS) is 21.3. The van der Waals surface area contributed by atoms with Crippen molar-refractivity contribution in [3.05, 3.63) is 66.4 Å². The molecule has 3 heterocycles. The highest BCUT2D eigenvalue weighted by Crippen LogP contribution is 2.27. The number of hydrazine groups is 1. The molecule has 0 radical (unpaired) electrons. The summed E-state index contributed by atoms with van der Waals surface area (Å²) in [5.74, 6) is 0.859. The van der Waals surface area contributed by atoms with Gasteiger partial charge in [0.15, 0.2) is 12.9 Å². The molecule has 182 valence electrons. The molecule has 1 aromatic heterocycles. The minimum atomic E-state index is -0.654. The molecule has 11 nitrogen and oxygen atoms in total. The standard InChI is InChI=1S/C24H27N7O4/c1-15-11-20(26-21(32)14-35-18-10-6-9-17(12-18)34-2)31(29-15)24-27-22-19(23(33)28-24)13-25-30(22)16-7-4-3-5-8-16/h3-12,19,22,24-25,27H,13-14H2,1-2H3,(H,26,32)(H,28,33). The van der Waals surface area contributed by atoms with Crippen molar-refractivity contribution in [3.63, 3.8) is 0 Å². The summed E-state index contributed by atoms with van der Waals surface area (Å²) in [5.41, 5.74) is 4.93. The lowest BCUT2D eigenvalue weighted by Crippen LogP contribution is -2.61. The van der Waals surface area contributed by atoms with Crippen molar-refractivity contribution in [2.24, 2.45) is 5.92 Å². The number of aromatic nitrogens is 2. The van der Waals surface area contributed by atoms with Crippen LogP contribution in [0.4, 0.5) is 11.5 Å². The highest BCUT2D eigenvalue weighted by molar-refractivity contribution is 5.91. The van der Waals surface area contributed by atoms with Gasteiger partial charge in [-0.25, -0.2) is 10.1 Å². The molecular formula is C24H27N7O4. The molecule has 2 aromatic carbocycles. The molecule has 11 heteroatoms. The quantitative estimate of drug-likeness (QED) is 0.403. The van der Waals surface area contributed by atoms with Crippen LogP contribution in [0.15, 0.2) is 60.7 Å². The second-order valence-corrected chi connectivity index (χ2v) is 8.33. The molecular weight excluding hydrogens is 450 g/mol. The third-order valence-electron chi connectivity index (χ3n) is 5.90. The zero-order valence-corrected chi connectivity index (χ0v) is 19.4. The van der Waals surface area contributed by atoms with Crippen molar-refractivity contribution in [2.75, 3.05) is 30.6 Å². The number of para-hydroxylation sites is 1. The Bertz CT molecular complexity index is 1220. The Kier molecular flexibility index (Phi) is 6.25. The van der Waals surface area contributed by atoms with Gasteiger partial charge in [0, 0.05) is 18.7 Å². The van der Waals surface area contributed by atoms with Crippen LogP contribution in [0.5, 0.6) is 11.5 Å². The maximum Gasteiger partial charge on any atom is 0.263 e. The van der Waals surface area contributed by atoms with E-state index in [0.717, 1.165) is 5.69 Å². The predicted octanol–water partition coefficient (Wildman–Crippen LogP) is 1.36. The molecule has 0 aliphatic carbocycles. The van der Waals surface area contributed by atoms with E-state index in [0.29, 0.717) is 29.6 Å². The molecule has 4 N–H and O–H groups in total. The lowest BCUT2D eigenvalue weighted by molar-refractivity contribution is -0.129. The molecule has 35 heavy (non-hydrogen) atoms. The summed E-state index contributed by atoms with van der Waals surface area (Å²) >= 11 is 0. The molecule has 0 bridgehead atoms. The first kappa shape index (κ1) is 22.7. The Morgan fingerprint density at radius 3 is 2.74 bits per heavy atom. The van der Waals surface area contributed by atoms with Gasteiger partial charge in [-0.05, 0) is 31.2 Å². The number of carbonyl (C=O) groups is 2. The van der Waals surface area contributed by atoms with Gasteiger partial charge in [-0.15, -0.1) is 0 Å². The van der Waals surface area contributed by atoms with E-state index in [4.69, 9.17) is 9.47 Å². The zero-order valence-electron chi connectivity index (χ0n) is 19.4. The first-order chi connectivity index (χ1) is 17.0. The van der Waals surface area contributed by atoms with Crippen molar-refractivity contribution in [1.82, 2.24) is 25.8 Å². The highest BCUT2D eigenvalue weighted by Gasteiger charge is 2.45. The molecule has 2 aliphatic heterocycles. The summed E-state index contributed by atoms with van der Waals surface area (Å²) in [6.07, 6.45) is -0.946. The van der Waals surface area contributed by atoms with Crippen LogP contribution in [0, 0.1) is 12.8 Å². The number of nitrogens with zero attached hydrogens (tertiary/aromatic N) is 3. The number of fused-ring (bicyclic) bond motifs is 1. The number of ether oxygens (including phenoxy) is 2. The number of nitrogens with one attached hydrogen (secondary N) is 4. The summed E-state index contributed by atoms with van der Waals surface area (Å²) in [4.78, 5) is 25.5. The van der Waals surface area contributed by atoms with Crippen LogP contribution in [0.1, 0.15) is 12.0 Å². The number of methoxy groups -OCH3 is 1. The molecule has 0 saturated carbocycles. The van der Waals surface area contributed by atoms with Crippen LogP contribution in [-0.4, -0.2) is 48.0 Å². The van der Waals surface area contributed by atoms with Crippen LogP contribution in [0.3, 0.4) is 0 Å². The SMILES string of the molecule is COc1cccc(OCC(=O)Nc2cc(C)nn2C2NC(=O)C3CNN(c4ccccc4)C3N2)c1. The molecule has 2 saturated heterocycles. The average molecular weight is 478 g/mol. The van der Waals surface area contributed by atoms with Gasteiger partial charge in [0.1, 0.15) is 23.5 Å². The maximum absolute atomic E-state index is 12.9. The highest BCUT2D eigenvalue weighted by atomic mass is 16.5. The number of rotatable bonds is 7. The summed E-state index contributed by atoms with van der Waals surface area (Å²) in [7, 11) is 1.57. The Labute approximate surface area is 202 Å². The van der Waals surface area contributed by atoms with E-state index in [-0.39, 0.29) is 30.5 Å². The summed E-state index contributed by atoms with van der Waals surface area (Å²) in [6, 6.07) is 18.6. The third kappa shape index (κ3) is 4.77. The van der Waals surface area contributed by atoms with E-state index >= 15 is 0 Å². The molecule has 2 aliphatic rings. The van der Waals surface area contributed by atoms with Gasteiger partial charge in [0.2, 0.25) is 5.91 Å². The summed E-state index contributed by atoms with van der Waals surface area (Å²) in [6.45, 7) is 2.13. The number of carbonyl (C=O) groups excluding carboxylic acids is 2. The number of aryl methyl sites for hydroxylation is 1. The van der Waals surface area contributed by atoms with Crippen molar-refractivity contribution in [3.8, 4) is 11.5 Å². The van der Waals surface area contributed by atoms with Crippen molar-refractivity contribution in [1.29, 1.82) is 0 Å². The number of benzene rings is 2. The van der Waals surface area contributed by atoms with E-state index in [1.54, 1.807) is 42.1 Å². The Morgan fingerprint density at radius 2 is 1.94 bits per heavy atom. The van der Waals surface area contributed by atoms with Crippen LogP contribution >= 0.6 is 0 Å². The predicted molar refractivity (Wildman–Crippen MR) is 129 cm³/mol. The van der Waals surface area contributed by atoms with Gasteiger partial charge in [0.05, 0.1) is 24.4 Å². The minimum absolute atomic E-state index is 0.100. The summed E-state index contributed by atoms with van der Waals surface area (Å²) in [5, 5.41) is 15.7. The Balaban J connectivity index is 1.29. The van der Waals surface area contributed by atoms with Crippen LogP contribution in [0.25, 0.3) is 0 Å². The summed E-state index contributed by atoms with van der Waals surface area (Å²) < 4.78 is 12.3. The third-order valence-corrected chi connectivity index (χ3v) is 5.90. The molecule has 3 aromatic rings. The van der Waals surface area contributed by atoms with E-state index in [9.17, 15) is 9.59 Å². The second kappa shape index (κ2) is 9.65. The van der Waals surface area contributed by atoms with Gasteiger partial charge in [-0.3, -0.25) is 19.9 Å². The molecule has 3 unspecified atom stereocenters. The molecule has 5 rings (SSSR count). The van der Waals surface area contributed by atoms with Gasteiger partial charge in [0.25, 0.3) is 5.91 Å². The minimum Gasteiger partial charge on any atom is -0.497 e. The van der Waals surface area contributed by atoms with Crippen LogP contribution in [-0.2, 0) is 9.59 Å². The van der Waals surface area contributed by atoms with Crippen LogP contribution in [0.2, 0.25) is 0 Å². The molecule has 2 amide bonds. The smallest absolute Gasteiger partial charge is 0.263 e. The largest absolute Gasteiger partial charge is 0.497 e. The number of anilines is 2. The van der Waals surface area contributed by atoms with Gasteiger partial charge in [-0.1, -0.05) is 24.3 Å². The van der Waals surface area contributed by atoms with Crippen molar-refractivity contribution in [2.45, 2.75) is 19.4 Å². The fourth-order valence-electron chi connectivity index (χ4n) is 4.26. The molecule has 3 atom stereocenters. The zero-order chi connectivity index (χ0) is 24.4. The van der Waals surface area contributed by atoms with Gasteiger partial charge in [-0.2, -0.15) is 5.10 Å². The maximum atomic E-state index is 12.9. The second-order valence-electron chi connectivity index (χ2n) is 8.33. The lowest BCUT2D eigenvalue weighted by Gasteiger charge is -2.37. The van der Waals surface area contributed by atoms with E-state index in [1.165, 1.54) is 0 Å².